The van der Waals surface area contributed by atoms with Crippen molar-refractivity contribution in [1.29, 1.82) is 0 Å². The van der Waals surface area contributed by atoms with Crippen LogP contribution in [0.25, 0.3) is 22.0 Å². The van der Waals surface area contributed by atoms with Gasteiger partial charge in [0.2, 0.25) is 0 Å². The SMILES string of the molecule is Cc1c(C(=O)NC[C@@H]2C[C@H](CNC(=O)OC(C)(C)C)CN2Cc2ccccc2)[nH]c2ccc(-c3ccc(F)cc3)cc12. The number of aromatic amines is 1. The summed E-state index contributed by atoms with van der Waals surface area (Å²) in [5, 5.41) is 7.04. The number of benzene rings is 3. The summed E-state index contributed by atoms with van der Waals surface area (Å²) in [5.41, 5.74) is 4.83. The fourth-order valence-electron chi connectivity index (χ4n) is 5.68. The van der Waals surface area contributed by atoms with E-state index in [9.17, 15) is 14.0 Å². The molecule has 2 amide bonds. The summed E-state index contributed by atoms with van der Waals surface area (Å²) < 4.78 is 18.8. The van der Waals surface area contributed by atoms with E-state index >= 15 is 0 Å². The van der Waals surface area contributed by atoms with Gasteiger partial charge >= 0.3 is 6.09 Å². The van der Waals surface area contributed by atoms with E-state index in [2.05, 4.69) is 32.7 Å². The minimum Gasteiger partial charge on any atom is -0.444 e. The van der Waals surface area contributed by atoms with Crippen molar-refractivity contribution in [3.8, 4) is 11.1 Å². The third kappa shape index (κ3) is 7.18. The van der Waals surface area contributed by atoms with E-state index in [0.29, 0.717) is 18.8 Å². The molecule has 1 saturated heterocycles. The van der Waals surface area contributed by atoms with Crippen LogP contribution in [0.2, 0.25) is 0 Å². The first-order valence-electron chi connectivity index (χ1n) is 14.5. The van der Waals surface area contributed by atoms with Crippen molar-refractivity contribution in [3.63, 3.8) is 0 Å². The molecule has 0 spiro atoms. The standard InChI is InChI=1S/C34H39FN4O3/c1-22-29-17-26(25-10-13-27(35)14-11-25)12-15-30(29)38-31(22)32(40)36-19-28-16-24(18-37-33(41)42-34(2,3)4)21-39(28)20-23-8-6-5-7-9-23/h5-15,17,24,28,38H,16,18-21H2,1-4H3,(H,36,40)(H,37,41)/t24-,28+/m1/s1. The lowest BCUT2D eigenvalue weighted by molar-refractivity contribution is 0.0519. The number of nitrogens with one attached hydrogen (secondary N) is 3. The first kappa shape index (κ1) is 29.3. The van der Waals surface area contributed by atoms with Gasteiger partial charge < -0.3 is 20.4 Å². The fourth-order valence-corrected chi connectivity index (χ4v) is 5.68. The molecule has 5 rings (SSSR count). The number of carbonyl (C=O) groups excluding carboxylic acids is 2. The van der Waals surface area contributed by atoms with Crippen molar-refractivity contribution in [1.82, 2.24) is 20.5 Å². The first-order valence-corrected chi connectivity index (χ1v) is 14.5. The zero-order valence-corrected chi connectivity index (χ0v) is 24.7. The molecule has 0 unspecified atom stereocenters. The van der Waals surface area contributed by atoms with Gasteiger partial charge in [0.15, 0.2) is 0 Å². The number of ether oxygens (including phenoxy) is 1. The smallest absolute Gasteiger partial charge is 0.407 e. The number of likely N-dealkylation sites (tertiary alicyclic amines) is 1. The van der Waals surface area contributed by atoms with Crippen LogP contribution < -0.4 is 10.6 Å². The van der Waals surface area contributed by atoms with Crippen LogP contribution in [0.1, 0.15) is 48.8 Å². The molecular weight excluding hydrogens is 531 g/mol. The Morgan fingerprint density at radius 3 is 2.40 bits per heavy atom. The van der Waals surface area contributed by atoms with Crippen LogP contribution >= 0.6 is 0 Å². The van der Waals surface area contributed by atoms with Crippen LogP contribution in [0.15, 0.2) is 72.8 Å². The van der Waals surface area contributed by atoms with Gasteiger partial charge in [-0.2, -0.15) is 0 Å². The van der Waals surface area contributed by atoms with Crippen molar-refractivity contribution in [2.75, 3.05) is 19.6 Å². The number of aromatic nitrogens is 1. The molecule has 1 aliphatic rings. The molecule has 3 aromatic carbocycles. The van der Waals surface area contributed by atoms with Crippen molar-refractivity contribution >= 4 is 22.9 Å². The van der Waals surface area contributed by atoms with Gasteiger partial charge in [0.25, 0.3) is 5.91 Å². The second-order valence-corrected chi connectivity index (χ2v) is 12.2. The van der Waals surface area contributed by atoms with Gasteiger partial charge in [-0.3, -0.25) is 9.69 Å². The lowest BCUT2D eigenvalue weighted by atomic mass is 10.0. The number of aryl methyl sites for hydroxylation is 1. The molecule has 1 aliphatic heterocycles. The third-order valence-electron chi connectivity index (χ3n) is 7.74. The van der Waals surface area contributed by atoms with Gasteiger partial charge in [-0.15, -0.1) is 0 Å². The van der Waals surface area contributed by atoms with Crippen LogP contribution in [0.3, 0.4) is 0 Å². The molecule has 1 fully saturated rings. The number of rotatable bonds is 8. The Balaban J connectivity index is 1.26. The molecule has 220 valence electrons. The summed E-state index contributed by atoms with van der Waals surface area (Å²) >= 11 is 0. The lowest BCUT2D eigenvalue weighted by Crippen LogP contribution is -2.40. The molecule has 1 aromatic heterocycles. The molecule has 0 saturated carbocycles. The zero-order valence-electron chi connectivity index (χ0n) is 24.7. The number of fused-ring (bicyclic) bond motifs is 1. The number of carbonyl (C=O) groups is 2. The average molecular weight is 571 g/mol. The molecule has 4 aromatic rings. The third-order valence-corrected chi connectivity index (χ3v) is 7.74. The Hall–Kier alpha value is -4.17. The maximum Gasteiger partial charge on any atom is 0.407 e. The Labute approximate surface area is 246 Å². The minimum absolute atomic E-state index is 0.120. The highest BCUT2D eigenvalue weighted by Crippen LogP contribution is 2.29. The Morgan fingerprint density at radius 2 is 1.69 bits per heavy atom. The lowest BCUT2D eigenvalue weighted by Gasteiger charge is -2.24. The largest absolute Gasteiger partial charge is 0.444 e. The molecule has 0 bridgehead atoms. The van der Waals surface area contributed by atoms with E-state index in [-0.39, 0.29) is 23.7 Å². The summed E-state index contributed by atoms with van der Waals surface area (Å²) in [6.07, 6.45) is 0.432. The maximum absolute atomic E-state index is 13.4. The summed E-state index contributed by atoms with van der Waals surface area (Å²) in [5.74, 6) is -0.184. The molecule has 2 heterocycles. The molecule has 3 N–H and O–H groups in total. The van der Waals surface area contributed by atoms with Gasteiger partial charge in [-0.05, 0) is 86.6 Å². The number of amides is 2. The zero-order chi connectivity index (χ0) is 29.9. The monoisotopic (exact) mass is 570 g/mol. The van der Waals surface area contributed by atoms with Gasteiger partial charge in [0.1, 0.15) is 17.1 Å². The Morgan fingerprint density at radius 1 is 0.976 bits per heavy atom. The quantitative estimate of drug-likeness (QED) is 0.228. The van der Waals surface area contributed by atoms with Crippen LogP contribution in [0.4, 0.5) is 9.18 Å². The molecule has 8 heteroatoms. The molecule has 42 heavy (non-hydrogen) atoms. The van der Waals surface area contributed by atoms with Gasteiger partial charge in [-0.1, -0.05) is 48.5 Å². The number of H-pyrrole nitrogens is 1. The summed E-state index contributed by atoms with van der Waals surface area (Å²) in [6, 6.07) is 22.8. The average Bonchev–Trinajstić information content (AvgIpc) is 3.50. The van der Waals surface area contributed by atoms with E-state index in [1.54, 1.807) is 12.1 Å². The number of alkyl carbamates (subject to hydrolysis) is 1. The number of hydrogen-bond acceptors (Lipinski definition) is 4. The molecule has 2 atom stereocenters. The molecule has 0 radical (unpaired) electrons. The summed E-state index contributed by atoms with van der Waals surface area (Å²) in [4.78, 5) is 31.3. The van der Waals surface area contributed by atoms with Crippen molar-refractivity contribution in [2.45, 2.75) is 52.3 Å². The molecular formula is C34H39FN4O3. The second kappa shape index (κ2) is 12.4. The normalized spacial score (nSPS) is 17.4. The molecule has 7 nitrogen and oxygen atoms in total. The number of nitrogens with zero attached hydrogens (tertiary/aromatic N) is 1. The van der Waals surface area contributed by atoms with Gasteiger partial charge in [0.05, 0.1) is 0 Å². The van der Waals surface area contributed by atoms with Crippen molar-refractivity contribution in [2.24, 2.45) is 5.92 Å². The van der Waals surface area contributed by atoms with Gasteiger partial charge in [0, 0.05) is 43.1 Å². The Bertz CT molecular complexity index is 1540. The number of hydrogen-bond donors (Lipinski definition) is 3. The Kier molecular flexibility index (Phi) is 8.64. The van der Waals surface area contributed by atoms with Crippen molar-refractivity contribution < 1.29 is 18.7 Å². The maximum atomic E-state index is 13.4. The van der Waals surface area contributed by atoms with Crippen LogP contribution in [-0.2, 0) is 11.3 Å². The summed E-state index contributed by atoms with van der Waals surface area (Å²) in [7, 11) is 0. The van der Waals surface area contributed by atoms with Crippen LogP contribution in [0, 0.1) is 18.7 Å². The highest BCUT2D eigenvalue weighted by atomic mass is 19.1. The van der Waals surface area contributed by atoms with Crippen LogP contribution in [-0.4, -0.2) is 53.2 Å². The highest BCUT2D eigenvalue weighted by Gasteiger charge is 2.33. The van der Waals surface area contributed by atoms with E-state index < -0.39 is 11.7 Å². The summed E-state index contributed by atoms with van der Waals surface area (Å²) in [6.45, 7) is 10.1. The second-order valence-electron chi connectivity index (χ2n) is 12.2. The van der Waals surface area contributed by atoms with Gasteiger partial charge in [-0.25, -0.2) is 9.18 Å². The first-order chi connectivity index (χ1) is 20.1. The molecule has 0 aliphatic carbocycles. The topological polar surface area (TPSA) is 86.5 Å². The van der Waals surface area contributed by atoms with E-state index in [1.807, 2.05) is 64.1 Å². The highest BCUT2D eigenvalue weighted by molar-refractivity contribution is 6.01. The van der Waals surface area contributed by atoms with E-state index in [1.165, 1.54) is 17.7 Å². The predicted molar refractivity (Wildman–Crippen MR) is 164 cm³/mol. The van der Waals surface area contributed by atoms with E-state index in [0.717, 1.165) is 47.1 Å². The van der Waals surface area contributed by atoms with Crippen LogP contribution in [0.5, 0.6) is 0 Å². The number of halogens is 1. The minimum atomic E-state index is -0.546. The fraction of sp³-hybridized carbons (Fsp3) is 0.353. The van der Waals surface area contributed by atoms with Crippen molar-refractivity contribution in [3.05, 3.63) is 95.4 Å². The predicted octanol–water partition coefficient (Wildman–Crippen LogP) is 6.43. The van der Waals surface area contributed by atoms with E-state index in [4.69, 9.17) is 4.74 Å².